The van der Waals surface area contributed by atoms with E-state index in [9.17, 15) is 5.11 Å². The van der Waals surface area contributed by atoms with Gasteiger partial charge in [-0.3, -0.25) is 4.99 Å². The molecule has 34 heavy (non-hydrogen) atoms. The van der Waals surface area contributed by atoms with Crippen molar-refractivity contribution in [1.29, 1.82) is 0 Å². The van der Waals surface area contributed by atoms with Crippen LogP contribution in [0.4, 0.5) is 0 Å². The molecule has 0 radical (unpaired) electrons. The normalized spacial score (nSPS) is 12.7. The number of thiocarbonyl (C=S) groups is 1. The molecule has 0 aliphatic heterocycles. The maximum absolute atomic E-state index is 10.2. The average molecular weight is 466 g/mol. The molecule has 0 spiro atoms. The molecule has 0 unspecified atom stereocenters. The van der Waals surface area contributed by atoms with Crippen LogP contribution in [0.3, 0.4) is 0 Å². The zero-order valence-corrected chi connectivity index (χ0v) is 19.5. The topological polar surface area (TPSA) is 56.7 Å². The summed E-state index contributed by atoms with van der Waals surface area (Å²) in [5.41, 5.74) is 3.93. The van der Waals surface area contributed by atoms with Crippen molar-refractivity contribution in [1.82, 2.24) is 10.6 Å². The van der Waals surface area contributed by atoms with Gasteiger partial charge in [0.05, 0.1) is 12.1 Å². The maximum atomic E-state index is 10.2. The molecular weight excluding hydrogens is 438 g/mol. The van der Waals surface area contributed by atoms with Crippen molar-refractivity contribution >= 4 is 23.5 Å². The van der Waals surface area contributed by atoms with Crippen molar-refractivity contribution < 1.29 is 5.11 Å². The predicted octanol–water partition coefficient (Wildman–Crippen LogP) is 5.96. The van der Waals surface area contributed by atoms with E-state index in [2.05, 4.69) is 47.0 Å². The molecule has 4 aromatic rings. The number of para-hydroxylation sites is 1. The molecule has 170 valence electrons. The minimum Gasteiger partial charge on any atom is -0.507 e. The Balaban J connectivity index is 1.64. The lowest BCUT2D eigenvalue weighted by atomic mass is 9.93. The Bertz CT molecular complexity index is 1210. The fourth-order valence-corrected chi connectivity index (χ4v) is 3.95. The van der Waals surface area contributed by atoms with Crippen LogP contribution in [0.15, 0.2) is 120 Å². The van der Waals surface area contributed by atoms with Crippen LogP contribution >= 0.6 is 12.2 Å². The first-order valence-corrected chi connectivity index (χ1v) is 11.6. The summed E-state index contributed by atoms with van der Waals surface area (Å²) in [4.78, 5) is 4.94. The van der Waals surface area contributed by atoms with Gasteiger partial charge < -0.3 is 15.7 Å². The summed E-state index contributed by atoms with van der Waals surface area (Å²) in [5, 5.41) is 17.6. The number of nitrogens with zero attached hydrogens (tertiary/aromatic N) is 1. The van der Waals surface area contributed by atoms with Crippen molar-refractivity contribution in [2.24, 2.45) is 4.99 Å². The Morgan fingerprint density at radius 2 is 1.32 bits per heavy atom. The second-order valence-electron chi connectivity index (χ2n) is 7.89. The molecule has 0 saturated heterocycles. The van der Waals surface area contributed by atoms with Crippen LogP contribution in [0.1, 0.15) is 34.3 Å². The first kappa shape index (κ1) is 23.2. The molecule has 0 heterocycles. The van der Waals surface area contributed by atoms with E-state index in [-0.39, 0.29) is 17.8 Å². The molecule has 4 aromatic carbocycles. The maximum Gasteiger partial charge on any atom is 0.167 e. The van der Waals surface area contributed by atoms with Crippen LogP contribution < -0.4 is 10.6 Å². The van der Waals surface area contributed by atoms with E-state index in [1.807, 2.05) is 66.7 Å². The first-order valence-electron chi connectivity index (χ1n) is 11.2. The van der Waals surface area contributed by atoms with E-state index in [1.165, 1.54) is 0 Å². The Morgan fingerprint density at radius 3 is 1.97 bits per heavy atom. The molecule has 0 aromatic heterocycles. The quantitative estimate of drug-likeness (QED) is 0.222. The highest BCUT2D eigenvalue weighted by molar-refractivity contribution is 7.80. The molecule has 4 rings (SSSR count). The van der Waals surface area contributed by atoms with Crippen LogP contribution in [-0.2, 0) is 6.54 Å². The van der Waals surface area contributed by atoms with E-state index in [1.54, 1.807) is 18.3 Å². The highest BCUT2D eigenvalue weighted by atomic mass is 32.1. The van der Waals surface area contributed by atoms with Gasteiger partial charge in [0.15, 0.2) is 5.11 Å². The van der Waals surface area contributed by atoms with Crippen LogP contribution in [-0.4, -0.2) is 16.4 Å². The van der Waals surface area contributed by atoms with Gasteiger partial charge in [0, 0.05) is 18.3 Å². The van der Waals surface area contributed by atoms with Gasteiger partial charge in [-0.25, -0.2) is 0 Å². The zero-order chi connectivity index (χ0) is 23.6. The number of nitrogens with one attached hydrogen (secondary N) is 2. The van der Waals surface area contributed by atoms with E-state index < -0.39 is 0 Å². The Labute approximate surface area is 206 Å². The molecule has 0 aliphatic rings. The molecule has 0 saturated carbocycles. The number of phenolic OH excluding ortho intramolecular Hbond substituents is 1. The summed E-state index contributed by atoms with van der Waals surface area (Å²) in [7, 11) is 0. The molecule has 4 nitrogen and oxygen atoms in total. The molecule has 2 atom stereocenters. The third kappa shape index (κ3) is 6.30. The van der Waals surface area contributed by atoms with Gasteiger partial charge in [-0.2, -0.15) is 0 Å². The SMILES string of the molecule is Oc1ccccc1C=N[C@H](c1ccccc1)[C@H](NC(=S)NCc1ccccc1)c1ccccc1. The second-order valence-corrected chi connectivity index (χ2v) is 8.30. The summed E-state index contributed by atoms with van der Waals surface area (Å²) < 4.78 is 0. The van der Waals surface area contributed by atoms with Crippen molar-refractivity contribution in [3.63, 3.8) is 0 Å². The molecular formula is C29H27N3OS. The van der Waals surface area contributed by atoms with Gasteiger partial charge in [0.25, 0.3) is 0 Å². The number of rotatable bonds is 8. The van der Waals surface area contributed by atoms with Gasteiger partial charge in [-0.15, -0.1) is 0 Å². The fraction of sp³-hybridized carbons (Fsp3) is 0.103. The summed E-state index contributed by atoms with van der Waals surface area (Å²) in [5.74, 6) is 0.197. The van der Waals surface area contributed by atoms with Crippen LogP contribution in [0.2, 0.25) is 0 Å². The number of phenols is 1. The Morgan fingerprint density at radius 1 is 0.765 bits per heavy atom. The number of aromatic hydroxyl groups is 1. The Hall–Kier alpha value is -3.96. The lowest BCUT2D eigenvalue weighted by Crippen LogP contribution is -2.39. The summed E-state index contributed by atoms with van der Waals surface area (Å²) >= 11 is 5.68. The molecule has 0 fully saturated rings. The van der Waals surface area contributed by atoms with Gasteiger partial charge >= 0.3 is 0 Å². The molecule has 0 amide bonds. The van der Waals surface area contributed by atoms with Gasteiger partial charge in [-0.05, 0) is 41.0 Å². The summed E-state index contributed by atoms with van der Waals surface area (Å²) in [6, 6.07) is 37.1. The number of hydrogen-bond donors (Lipinski definition) is 3. The highest BCUT2D eigenvalue weighted by Gasteiger charge is 2.25. The van der Waals surface area contributed by atoms with E-state index in [4.69, 9.17) is 17.2 Å². The minimum atomic E-state index is -0.278. The second kappa shape index (κ2) is 11.8. The smallest absolute Gasteiger partial charge is 0.167 e. The van der Waals surface area contributed by atoms with E-state index in [0.717, 1.165) is 16.7 Å². The average Bonchev–Trinajstić information content (AvgIpc) is 2.89. The predicted molar refractivity (Wildman–Crippen MR) is 143 cm³/mol. The van der Waals surface area contributed by atoms with E-state index >= 15 is 0 Å². The summed E-state index contributed by atoms with van der Waals surface area (Å²) in [6.07, 6.45) is 1.73. The van der Waals surface area contributed by atoms with E-state index in [0.29, 0.717) is 17.2 Å². The number of aliphatic imine (C=N–C) groups is 1. The van der Waals surface area contributed by atoms with Crippen LogP contribution in [0.5, 0.6) is 5.75 Å². The molecule has 0 bridgehead atoms. The number of benzene rings is 4. The lowest BCUT2D eigenvalue weighted by molar-refractivity contribution is 0.474. The Kier molecular flexibility index (Phi) is 8.04. The van der Waals surface area contributed by atoms with Crippen molar-refractivity contribution in [3.05, 3.63) is 138 Å². The first-order chi connectivity index (χ1) is 16.7. The number of hydrogen-bond acceptors (Lipinski definition) is 3. The van der Waals surface area contributed by atoms with Crippen LogP contribution in [0.25, 0.3) is 0 Å². The van der Waals surface area contributed by atoms with Gasteiger partial charge in [0.1, 0.15) is 5.75 Å². The third-order valence-electron chi connectivity index (χ3n) is 5.51. The van der Waals surface area contributed by atoms with Gasteiger partial charge in [0.2, 0.25) is 0 Å². The molecule has 5 heteroatoms. The highest BCUT2D eigenvalue weighted by Crippen LogP contribution is 2.32. The lowest BCUT2D eigenvalue weighted by Gasteiger charge is -2.28. The monoisotopic (exact) mass is 465 g/mol. The minimum absolute atomic E-state index is 0.197. The third-order valence-corrected chi connectivity index (χ3v) is 5.77. The van der Waals surface area contributed by atoms with Crippen molar-refractivity contribution in [2.75, 3.05) is 0 Å². The standard InChI is InChI=1S/C29H27N3OS/c33-26-19-11-10-18-25(26)21-30-27(23-14-6-2-7-15-23)28(24-16-8-3-9-17-24)32-29(34)31-20-22-12-4-1-5-13-22/h1-19,21,27-28,33H,20H2,(H2,31,32,34)/t27-,28-/m1/s1. The fourth-order valence-electron chi connectivity index (χ4n) is 3.75. The van der Waals surface area contributed by atoms with Crippen molar-refractivity contribution in [3.8, 4) is 5.75 Å². The summed E-state index contributed by atoms with van der Waals surface area (Å²) in [6.45, 7) is 0.630. The van der Waals surface area contributed by atoms with Crippen molar-refractivity contribution in [2.45, 2.75) is 18.6 Å². The van der Waals surface area contributed by atoms with Gasteiger partial charge in [-0.1, -0.05) is 103 Å². The van der Waals surface area contributed by atoms with Crippen LogP contribution in [0, 0.1) is 0 Å². The molecule has 0 aliphatic carbocycles. The largest absolute Gasteiger partial charge is 0.507 e. The zero-order valence-electron chi connectivity index (χ0n) is 18.7. The molecule has 3 N–H and O–H groups in total.